The van der Waals surface area contributed by atoms with Crippen LogP contribution in [0.15, 0.2) is 0 Å². The molecule has 0 amide bonds. The first-order valence-electron chi connectivity index (χ1n) is 3.24. The third-order valence-corrected chi connectivity index (χ3v) is 1.39. The van der Waals surface area contributed by atoms with E-state index < -0.39 is 0 Å². The van der Waals surface area contributed by atoms with E-state index in [9.17, 15) is 4.79 Å². The van der Waals surface area contributed by atoms with Gasteiger partial charge < -0.3 is 10.1 Å². The van der Waals surface area contributed by atoms with Gasteiger partial charge in [0.15, 0.2) is 0 Å². The summed E-state index contributed by atoms with van der Waals surface area (Å²) in [7, 11) is 0. The second-order valence-electron chi connectivity index (χ2n) is 2.07. The van der Waals surface area contributed by atoms with Crippen molar-refractivity contribution in [2.75, 3.05) is 13.2 Å². The Hall–Kier alpha value is -0.570. The van der Waals surface area contributed by atoms with Crippen molar-refractivity contribution in [1.82, 2.24) is 5.32 Å². The Labute approximate surface area is 54.4 Å². The summed E-state index contributed by atoms with van der Waals surface area (Å²) in [5.41, 5.74) is 0. The smallest absolute Gasteiger partial charge is 0.323 e. The van der Waals surface area contributed by atoms with Crippen molar-refractivity contribution in [2.45, 2.75) is 19.4 Å². The number of hydrogen-bond donors (Lipinski definition) is 1. The molecule has 0 unspecified atom stereocenters. The molecule has 1 fully saturated rings. The number of rotatable bonds is 2. The number of nitrogens with one attached hydrogen (secondary N) is 1. The first-order chi connectivity index (χ1) is 4.34. The van der Waals surface area contributed by atoms with Crippen molar-refractivity contribution >= 4 is 5.97 Å². The van der Waals surface area contributed by atoms with E-state index in [2.05, 4.69) is 5.32 Å². The molecule has 1 atom stereocenters. The predicted octanol–water partition coefficient (Wildman–Crippen LogP) is -0.0886. The standard InChI is InChI=1S/C6H11NO2/c1-2-7-5-3-4-9-6(5)8/h5,7H,2-4H2,1H3/t5-/m1/s1. The summed E-state index contributed by atoms with van der Waals surface area (Å²) < 4.78 is 4.72. The van der Waals surface area contributed by atoms with Gasteiger partial charge >= 0.3 is 5.97 Å². The quantitative estimate of drug-likeness (QED) is 0.529. The minimum Gasteiger partial charge on any atom is -0.464 e. The zero-order valence-electron chi connectivity index (χ0n) is 5.52. The van der Waals surface area contributed by atoms with E-state index in [1.54, 1.807) is 0 Å². The van der Waals surface area contributed by atoms with E-state index >= 15 is 0 Å². The van der Waals surface area contributed by atoms with Crippen LogP contribution in [0.25, 0.3) is 0 Å². The average molecular weight is 129 g/mol. The van der Waals surface area contributed by atoms with Crippen LogP contribution < -0.4 is 5.32 Å². The van der Waals surface area contributed by atoms with Crippen molar-refractivity contribution in [3.63, 3.8) is 0 Å². The highest BCUT2D eigenvalue weighted by Crippen LogP contribution is 2.04. The van der Waals surface area contributed by atoms with Gasteiger partial charge in [0.25, 0.3) is 0 Å². The Bertz CT molecular complexity index is 114. The number of esters is 1. The second kappa shape index (κ2) is 2.82. The highest BCUT2D eigenvalue weighted by atomic mass is 16.5. The van der Waals surface area contributed by atoms with Gasteiger partial charge in [-0.15, -0.1) is 0 Å². The first-order valence-corrected chi connectivity index (χ1v) is 3.24. The van der Waals surface area contributed by atoms with E-state index in [-0.39, 0.29) is 12.0 Å². The van der Waals surface area contributed by atoms with E-state index in [0.29, 0.717) is 6.61 Å². The summed E-state index contributed by atoms with van der Waals surface area (Å²) in [6, 6.07) is -0.0324. The van der Waals surface area contributed by atoms with Crippen LogP contribution in [-0.4, -0.2) is 25.2 Å². The number of likely N-dealkylation sites (N-methyl/N-ethyl adjacent to an activating group) is 1. The van der Waals surface area contributed by atoms with Gasteiger partial charge in [-0.3, -0.25) is 4.79 Å². The fourth-order valence-electron chi connectivity index (χ4n) is 0.928. The highest BCUT2D eigenvalue weighted by molar-refractivity contribution is 5.77. The van der Waals surface area contributed by atoms with Crippen LogP contribution in [0.5, 0.6) is 0 Å². The van der Waals surface area contributed by atoms with E-state index in [1.807, 2.05) is 6.92 Å². The fourth-order valence-corrected chi connectivity index (χ4v) is 0.928. The molecule has 0 aliphatic carbocycles. The van der Waals surface area contributed by atoms with Gasteiger partial charge in [0.05, 0.1) is 6.61 Å². The van der Waals surface area contributed by atoms with Gasteiger partial charge in [-0.05, 0) is 6.54 Å². The normalized spacial score (nSPS) is 26.3. The molecule has 0 bridgehead atoms. The van der Waals surface area contributed by atoms with Crippen LogP contribution >= 0.6 is 0 Å². The van der Waals surface area contributed by atoms with E-state index in [4.69, 9.17) is 4.74 Å². The zero-order valence-corrected chi connectivity index (χ0v) is 5.52. The SMILES string of the molecule is CCN[C@@H]1CCOC1=O. The van der Waals surface area contributed by atoms with Crippen LogP contribution in [0.3, 0.4) is 0 Å². The Balaban J connectivity index is 2.31. The molecule has 1 rings (SSSR count). The maximum Gasteiger partial charge on any atom is 0.323 e. The molecule has 0 spiro atoms. The molecule has 1 N–H and O–H groups in total. The monoisotopic (exact) mass is 129 g/mol. The molecule has 3 heteroatoms. The predicted molar refractivity (Wildman–Crippen MR) is 33.0 cm³/mol. The van der Waals surface area contributed by atoms with E-state index in [1.165, 1.54) is 0 Å². The summed E-state index contributed by atoms with van der Waals surface area (Å²) >= 11 is 0. The molecule has 1 saturated heterocycles. The summed E-state index contributed by atoms with van der Waals surface area (Å²) in [5, 5.41) is 3.02. The third-order valence-electron chi connectivity index (χ3n) is 1.39. The van der Waals surface area contributed by atoms with Crippen molar-refractivity contribution in [3.8, 4) is 0 Å². The molecule has 9 heavy (non-hydrogen) atoms. The number of carbonyl (C=O) groups excluding carboxylic acids is 1. The Morgan fingerprint density at radius 2 is 2.67 bits per heavy atom. The zero-order chi connectivity index (χ0) is 6.69. The minimum atomic E-state index is -0.100. The molecule has 0 aromatic heterocycles. The van der Waals surface area contributed by atoms with Crippen LogP contribution in [0, 0.1) is 0 Å². The molecule has 1 heterocycles. The van der Waals surface area contributed by atoms with Crippen molar-refractivity contribution in [1.29, 1.82) is 0 Å². The maximum atomic E-state index is 10.7. The summed E-state index contributed by atoms with van der Waals surface area (Å²) in [6.07, 6.45) is 0.826. The molecule has 1 aliphatic rings. The lowest BCUT2D eigenvalue weighted by Gasteiger charge is -2.03. The summed E-state index contributed by atoms with van der Waals surface area (Å²) in [5.74, 6) is -0.100. The summed E-state index contributed by atoms with van der Waals surface area (Å²) in [4.78, 5) is 10.7. The van der Waals surface area contributed by atoms with Gasteiger partial charge in [-0.1, -0.05) is 6.92 Å². The maximum absolute atomic E-state index is 10.7. The number of ether oxygens (including phenoxy) is 1. The Morgan fingerprint density at radius 3 is 3.11 bits per heavy atom. The van der Waals surface area contributed by atoms with Gasteiger partial charge in [0.1, 0.15) is 6.04 Å². The topological polar surface area (TPSA) is 38.3 Å². The molecule has 0 aromatic rings. The molecule has 0 aromatic carbocycles. The van der Waals surface area contributed by atoms with Gasteiger partial charge in [0, 0.05) is 6.42 Å². The van der Waals surface area contributed by atoms with Crippen molar-refractivity contribution < 1.29 is 9.53 Å². The molecular formula is C6H11NO2. The van der Waals surface area contributed by atoms with Crippen LogP contribution in [0.2, 0.25) is 0 Å². The fraction of sp³-hybridized carbons (Fsp3) is 0.833. The third kappa shape index (κ3) is 1.42. The first kappa shape index (κ1) is 6.55. The molecule has 52 valence electrons. The Kier molecular flexibility index (Phi) is 2.05. The molecule has 0 saturated carbocycles. The van der Waals surface area contributed by atoms with Crippen LogP contribution in [-0.2, 0) is 9.53 Å². The summed E-state index contributed by atoms with van der Waals surface area (Å²) in [6.45, 7) is 3.39. The van der Waals surface area contributed by atoms with Crippen LogP contribution in [0.4, 0.5) is 0 Å². The van der Waals surface area contributed by atoms with Gasteiger partial charge in [0.2, 0.25) is 0 Å². The molecule has 3 nitrogen and oxygen atoms in total. The highest BCUT2D eigenvalue weighted by Gasteiger charge is 2.24. The minimum absolute atomic E-state index is 0.0324. The lowest BCUT2D eigenvalue weighted by Crippen LogP contribution is -2.32. The van der Waals surface area contributed by atoms with Crippen molar-refractivity contribution in [2.24, 2.45) is 0 Å². The number of carbonyl (C=O) groups is 1. The van der Waals surface area contributed by atoms with Crippen LogP contribution in [0.1, 0.15) is 13.3 Å². The lowest BCUT2D eigenvalue weighted by atomic mass is 10.2. The number of hydrogen-bond acceptors (Lipinski definition) is 3. The lowest BCUT2D eigenvalue weighted by molar-refractivity contribution is -0.139. The number of cyclic esters (lactones) is 1. The molecular weight excluding hydrogens is 118 g/mol. The second-order valence-corrected chi connectivity index (χ2v) is 2.07. The van der Waals surface area contributed by atoms with Crippen molar-refractivity contribution in [3.05, 3.63) is 0 Å². The van der Waals surface area contributed by atoms with Gasteiger partial charge in [-0.2, -0.15) is 0 Å². The Morgan fingerprint density at radius 1 is 1.89 bits per heavy atom. The largest absolute Gasteiger partial charge is 0.464 e. The molecule has 0 radical (unpaired) electrons. The van der Waals surface area contributed by atoms with E-state index in [0.717, 1.165) is 13.0 Å². The molecule has 1 aliphatic heterocycles. The average Bonchev–Trinajstić information content (AvgIpc) is 2.18. The van der Waals surface area contributed by atoms with Gasteiger partial charge in [-0.25, -0.2) is 0 Å².